The lowest BCUT2D eigenvalue weighted by Crippen LogP contribution is -2.29. The fourth-order valence-electron chi connectivity index (χ4n) is 9.23. The van der Waals surface area contributed by atoms with E-state index in [0.717, 1.165) is 43.6 Å². The molecule has 0 fully saturated rings. The van der Waals surface area contributed by atoms with Gasteiger partial charge in [0, 0.05) is 41.9 Å². The van der Waals surface area contributed by atoms with Crippen LogP contribution in [0.2, 0.25) is 0 Å². The van der Waals surface area contributed by atoms with Gasteiger partial charge in [-0.3, -0.25) is 0 Å². The van der Waals surface area contributed by atoms with Gasteiger partial charge in [0.15, 0.2) is 5.71 Å². The molecule has 0 saturated heterocycles. The first-order valence-electron chi connectivity index (χ1n) is 18.3. The molecule has 3 heteroatoms. The number of rotatable bonds is 6. The molecular weight excluding hydrogens is 609 g/mol. The number of anilines is 1. The Balaban J connectivity index is 1.16. The highest BCUT2D eigenvalue weighted by molar-refractivity contribution is 6.02. The molecule has 0 amide bonds. The van der Waals surface area contributed by atoms with Crippen molar-refractivity contribution in [3.63, 3.8) is 0 Å². The van der Waals surface area contributed by atoms with E-state index >= 15 is 0 Å². The standard InChI is InChI=1S/C47H49N2O/c1-31-19-25-36(26-20-31)50-45-34(23-29-41-46(2,3)43-37-17-10-8-13-32(37)21-27-39(43)48(41)6)15-12-16-35(45)24-30-42-47(4,5)44-38-18-11-9-14-33(38)22-28-40(44)49(42)7/h8-11,13-14,17-23,25-29H,12,15-16,24,30H2,1-7H3/q+1/b34-23+,41-29+. The Labute approximate surface area is 297 Å². The van der Waals surface area contributed by atoms with Crippen LogP contribution in [0.1, 0.15) is 76.5 Å². The van der Waals surface area contributed by atoms with Crippen molar-refractivity contribution in [3.8, 4) is 5.75 Å². The van der Waals surface area contributed by atoms with Crippen molar-refractivity contribution in [2.45, 2.75) is 77.6 Å². The summed E-state index contributed by atoms with van der Waals surface area (Å²) in [7, 11) is 4.48. The van der Waals surface area contributed by atoms with Gasteiger partial charge in [0.2, 0.25) is 5.69 Å². The number of ether oxygens (including phenoxy) is 1. The summed E-state index contributed by atoms with van der Waals surface area (Å²) < 4.78 is 9.37. The van der Waals surface area contributed by atoms with Gasteiger partial charge >= 0.3 is 0 Å². The summed E-state index contributed by atoms with van der Waals surface area (Å²) in [6.07, 6.45) is 9.91. The Bertz CT molecular complexity index is 2290. The molecule has 252 valence electrons. The lowest BCUT2D eigenvalue weighted by Gasteiger charge is -2.26. The van der Waals surface area contributed by atoms with Gasteiger partial charge in [-0.15, -0.1) is 0 Å². The molecule has 3 aliphatic rings. The van der Waals surface area contributed by atoms with Crippen molar-refractivity contribution >= 4 is 38.6 Å². The first-order chi connectivity index (χ1) is 24.1. The van der Waals surface area contributed by atoms with Crippen molar-refractivity contribution < 1.29 is 9.31 Å². The predicted molar refractivity (Wildman–Crippen MR) is 211 cm³/mol. The third-order valence-corrected chi connectivity index (χ3v) is 11.8. The van der Waals surface area contributed by atoms with Crippen LogP contribution in [0.4, 0.5) is 11.4 Å². The summed E-state index contributed by atoms with van der Waals surface area (Å²) in [6, 6.07) is 35.3. The van der Waals surface area contributed by atoms with E-state index in [2.05, 4.69) is 167 Å². The van der Waals surface area contributed by atoms with Crippen LogP contribution in [0, 0.1) is 6.92 Å². The Morgan fingerprint density at radius 3 is 2.10 bits per heavy atom. The molecule has 5 aromatic carbocycles. The van der Waals surface area contributed by atoms with Crippen molar-refractivity contribution in [2.75, 3.05) is 19.0 Å². The minimum atomic E-state index is -0.129. The first-order valence-corrected chi connectivity index (χ1v) is 18.3. The molecule has 2 aliphatic heterocycles. The molecule has 0 N–H and O–H groups in total. The summed E-state index contributed by atoms with van der Waals surface area (Å²) in [5.41, 5.74) is 12.1. The Morgan fingerprint density at radius 2 is 1.38 bits per heavy atom. The lowest BCUT2D eigenvalue weighted by molar-refractivity contribution is -0.403. The molecule has 0 atom stereocenters. The van der Waals surface area contributed by atoms with E-state index < -0.39 is 0 Å². The molecule has 0 radical (unpaired) electrons. The molecule has 1 aliphatic carbocycles. The minimum absolute atomic E-state index is 0.0565. The van der Waals surface area contributed by atoms with E-state index in [4.69, 9.17) is 4.74 Å². The van der Waals surface area contributed by atoms with Gasteiger partial charge in [-0.05, 0) is 115 Å². The van der Waals surface area contributed by atoms with Gasteiger partial charge in [0.1, 0.15) is 18.6 Å². The maximum Gasteiger partial charge on any atom is 0.209 e. The van der Waals surface area contributed by atoms with E-state index in [-0.39, 0.29) is 10.8 Å². The lowest BCUT2D eigenvalue weighted by atomic mass is 9.77. The van der Waals surface area contributed by atoms with E-state index in [1.807, 2.05) is 0 Å². The quantitative estimate of drug-likeness (QED) is 0.169. The van der Waals surface area contributed by atoms with Gasteiger partial charge in [0.25, 0.3) is 0 Å². The van der Waals surface area contributed by atoms with E-state index in [9.17, 15) is 0 Å². The van der Waals surface area contributed by atoms with Crippen molar-refractivity contribution in [1.82, 2.24) is 0 Å². The van der Waals surface area contributed by atoms with Crippen LogP contribution in [0.15, 0.2) is 132 Å². The summed E-state index contributed by atoms with van der Waals surface area (Å²) in [6.45, 7) is 11.7. The molecular formula is C47H49N2O+. The number of fused-ring (bicyclic) bond motifs is 6. The van der Waals surface area contributed by atoms with Crippen molar-refractivity contribution in [1.29, 1.82) is 0 Å². The molecule has 0 spiro atoms. The minimum Gasteiger partial charge on any atom is -0.457 e. The molecule has 0 aromatic heterocycles. The summed E-state index contributed by atoms with van der Waals surface area (Å²) in [5, 5.41) is 5.32. The third kappa shape index (κ3) is 5.21. The monoisotopic (exact) mass is 657 g/mol. The number of aryl methyl sites for hydroxylation is 1. The van der Waals surface area contributed by atoms with Crippen LogP contribution in [-0.4, -0.2) is 24.4 Å². The maximum absolute atomic E-state index is 6.91. The average Bonchev–Trinajstić information content (AvgIpc) is 3.44. The van der Waals surface area contributed by atoms with Gasteiger partial charge in [-0.1, -0.05) is 92.2 Å². The SMILES string of the molecule is Cc1ccc(OC2=C(CCC3=[N+](C)c4ccc5ccccc5c4C3(C)C)CCC/C2=C\C=C2\N(C)c3ccc4ccccc4c3C2(C)C)cc1. The number of benzene rings is 5. The normalized spacial score (nSPS) is 19.6. The van der Waals surface area contributed by atoms with E-state index in [1.165, 1.54) is 72.2 Å². The maximum atomic E-state index is 6.91. The largest absolute Gasteiger partial charge is 0.457 e. The van der Waals surface area contributed by atoms with Gasteiger partial charge < -0.3 is 9.64 Å². The Hall–Kier alpha value is -4.89. The second-order valence-corrected chi connectivity index (χ2v) is 15.6. The molecule has 0 unspecified atom stereocenters. The highest BCUT2D eigenvalue weighted by Gasteiger charge is 2.45. The average molecular weight is 658 g/mol. The molecule has 8 rings (SSSR count). The summed E-state index contributed by atoms with van der Waals surface area (Å²) >= 11 is 0. The number of hydrogen-bond donors (Lipinski definition) is 0. The second kappa shape index (κ2) is 12.2. The molecule has 0 saturated carbocycles. The highest BCUT2D eigenvalue weighted by Crippen LogP contribution is 2.50. The van der Waals surface area contributed by atoms with Crippen LogP contribution < -0.4 is 9.64 Å². The third-order valence-electron chi connectivity index (χ3n) is 11.8. The van der Waals surface area contributed by atoms with Crippen LogP contribution >= 0.6 is 0 Å². The number of allylic oxidation sites excluding steroid dienone is 5. The zero-order chi connectivity index (χ0) is 34.8. The number of hydrogen-bond acceptors (Lipinski definition) is 2. The fraction of sp³-hybridized carbons (Fsp3) is 0.298. The van der Waals surface area contributed by atoms with Crippen molar-refractivity contribution in [3.05, 3.63) is 149 Å². The predicted octanol–water partition coefficient (Wildman–Crippen LogP) is 11.8. The second-order valence-electron chi connectivity index (χ2n) is 15.6. The first kappa shape index (κ1) is 32.3. The molecule has 5 aromatic rings. The molecule has 2 heterocycles. The van der Waals surface area contributed by atoms with Crippen molar-refractivity contribution in [2.24, 2.45) is 0 Å². The van der Waals surface area contributed by atoms with Crippen LogP contribution in [0.25, 0.3) is 21.5 Å². The smallest absolute Gasteiger partial charge is 0.209 e. The number of nitrogens with zero attached hydrogens (tertiary/aromatic N) is 2. The molecule has 3 nitrogen and oxygen atoms in total. The van der Waals surface area contributed by atoms with E-state index in [1.54, 1.807) is 0 Å². The van der Waals surface area contributed by atoms with Crippen LogP contribution in [0.3, 0.4) is 0 Å². The zero-order valence-corrected chi connectivity index (χ0v) is 30.7. The van der Waals surface area contributed by atoms with Gasteiger partial charge in [-0.2, -0.15) is 0 Å². The zero-order valence-electron chi connectivity index (χ0n) is 30.7. The Morgan fingerprint density at radius 1 is 0.720 bits per heavy atom. The Kier molecular flexibility index (Phi) is 7.86. The topological polar surface area (TPSA) is 15.5 Å². The van der Waals surface area contributed by atoms with Gasteiger partial charge in [0.05, 0.1) is 5.41 Å². The highest BCUT2D eigenvalue weighted by atomic mass is 16.5. The molecule has 50 heavy (non-hydrogen) atoms. The van der Waals surface area contributed by atoms with E-state index in [0.29, 0.717) is 0 Å². The van der Waals surface area contributed by atoms with Crippen LogP contribution in [0.5, 0.6) is 5.75 Å². The van der Waals surface area contributed by atoms with Gasteiger partial charge in [-0.25, -0.2) is 4.58 Å². The summed E-state index contributed by atoms with van der Waals surface area (Å²) in [5.74, 6) is 1.98. The van der Waals surface area contributed by atoms with Crippen LogP contribution in [-0.2, 0) is 10.8 Å². The fourth-order valence-corrected chi connectivity index (χ4v) is 9.23. The molecule has 0 bridgehead atoms. The number of likely N-dealkylation sites (N-methyl/N-ethyl adjacent to an activating group) is 1. The summed E-state index contributed by atoms with van der Waals surface area (Å²) in [4.78, 5) is 2.39.